The van der Waals surface area contributed by atoms with Gasteiger partial charge in [-0.1, -0.05) is 29.5 Å². The van der Waals surface area contributed by atoms with Crippen LogP contribution < -0.4 is 10.2 Å². The van der Waals surface area contributed by atoms with Crippen molar-refractivity contribution in [1.82, 2.24) is 14.5 Å². The lowest BCUT2D eigenvalue weighted by Crippen LogP contribution is -2.48. The summed E-state index contributed by atoms with van der Waals surface area (Å²) in [7, 11) is -3.15. The highest BCUT2D eigenvalue weighted by molar-refractivity contribution is 7.99. The third-order valence-corrected chi connectivity index (χ3v) is 7.34. The van der Waals surface area contributed by atoms with E-state index in [0.717, 1.165) is 16.8 Å². The first kappa shape index (κ1) is 23.3. The third kappa shape index (κ3) is 6.12. The van der Waals surface area contributed by atoms with Crippen LogP contribution in [0.3, 0.4) is 0 Å². The molecule has 174 valence electrons. The summed E-state index contributed by atoms with van der Waals surface area (Å²) in [6.07, 6.45) is 1.24. The monoisotopic (exact) mass is 487 g/mol. The molecule has 0 bridgehead atoms. The van der Waals surface area contributed by atoms with E-state index in [1.54, 1.807) is 0 Å². The van der Waals surface area contributed by atoms with Gasteiger partial charge in [0.2, 0.25) is 21.8 Å². The van der Waals surface area contributed by atoms with Crippen molar-refractivity contribution in [3.8, 4) is 11.5 Å². The molecule has 9 nitrogen and oxygen atoms in total. The van der Waals surface area contributed by atoms with Crippen LogP contribution in [0.1, 0.15) is 5.56 Å². The van der Waals surface area contributed by atoms with Crippen molar-refractivity contribution < 1.29 is 17.6 Å². The second-order valence-corrected chi connectivity index (χ2v) is 10.7. The van der Waals surface area contributed by atoms with Gasteiger partial charge in [0.15, 0.2) is 0 Å². The van der Waals surface area contributed by atoms with Gasteiger partial charge in [0, 0.05) is 43.1 Å². The molecule has 0 radical (unpaired) electrons. The zero-order valence-corrected chi connectivity index (χ0v) is 20.0. The summed E-state index contributed by atoms with van der Waals surface area (Å²) in [6, 6.07) is 15.3. The number of nitrogens with one attached hydrogen (secondary N) is 1. The predicted octanol–water partition coefficient (Wildman–Crippen LogP) is 2.86. The fraction of sp³-hybridized carbons (Fsp3) is 0.318. The van der Waals surface area contributed by atoms with E-state index in [9.17, 15) is 13.2 Å². The molecule has 1 N–H and O–H groups in total. The van der Waals surface area contributed by atoms with E-state index in [1.807, 2.05) is 55.5 Å². The van der Waals surface area contributed by atoms with Gasteiger partial charge in [-0.2, -0.15) is 4.31 Å². The van der Waals surface area contributed by atoms with Crippen LogP contribution in [0.25, 0.3) is 11.5 Å². The van der Waals surface area contributed by atoms with Crippen molar-refractivity contribution in [2.24, 2.45) is 0 Å². The van der Waals surface area contributed by atoms with Crippen LogP contribution in [-0.4, -0.2) is 67.0 Å². The quantitative estimate of drug-likeness (QED) is 0.507. The molecule has 0 spiro atoms. The average Bonchev–Trinajstić information content (AvgIpc) is 3.27. The Morgan fingerprint density at radius 2 is 1.82 bits per heavy atom. The van der Waals surface area contributed by atoms with E-state index in [2.05, 4.69) is 20.4 Å². The Kier molecular flexibility index (Phi) is 7.01. The highest BCUT2D eigenvalue weighted by Crippen LogP contribution is 2.24. The fourth-order valence-electron chi connectivity index (χ4n) is 3.52. The van der Waals surface area contributed by atoms with E-state index in [4.69, 9.17) is 4.42 Å². The molecule has 1 aliphatic heterocycles. The Labute approximate surface area is 197 Å². The molecular weight excluding hydrogens is 462 g/mol. The molecule has 1 aromatic heterocycles. The molecule has 2 aromatic carbocycles. The fourth-order valence-corrected chi connectivity index (χ4v) is 4.91. The second-order valence-electron chi connectivity index (χ2n) is 7.78. The zero-order chi connectivity index (χ0) is 23.4. The van der Waals surface area contributed by atoms with E-state index in [-0.39, 0.29) is 11.7 Å². The molecule has 1 saturated heterocycles. The topological polar surface area (TPSA) is 109 Å². The van der Waals surface area contributed by atoms with Crippen molar-refractivity contribution in [3.05, 3.63) is 54.1 Å². The molecule has 1 aliphatic rings. The minimum Gasteiger partial charge on any atom is -0.411 e. The SMILES string of the molecule is Cc1cccc(-c2nnc(SCC(=O)Nc3ccc(N4CCN(S(C)(=O)=O)CC4)cc3)o2)c1. The molecule has 1 amide bonds. The predicted molar refractivity (Wildman–Crippen MR) is 129 cm³/mol. The average molecular weight is 488 g/mol. The molecule has 0 aliphatic carbocycles. The molecule has 3 aromatic rings. The number of benzene rings is 2. The normalized spacial score (nSPS) is 14.9. The number of piperazine rings is 1. The summed E-state index contributed by atoms with van der Waals surface area (Å²) in [5.41, 5.74) is 3.62. The lowest BCUT2D eigenvalue weighted by molar-refractivity contribution is -0.113. The first-order valence-corrected chi connectivity index (χ1v) is 13.2. The first-order chi connectivity index (χ1) is 15.8. The Balaban J connectivity index is 1.26. The number of thioether (sulfide) groups is 1. The van der Waals surface area contributed by atoms with Crippen LogP contribution >= 0.6 is 11.8 Å². The maximum Gasteiger partial charge on any atom is 0.277 e. The number of aryl methyl sites for hydroxylation is 1. The number of rotatable bonds is 7. The van der Waals surface area contributed by atoms with Gasteiger partial charge in [0.1, 0.15) is 0 Å². The maximum atomic E-state index is 12.3. The summed E-state index contributed by atoms with van der Waals surface area (Å²) in [5, 5.41) is 11.3. The molecule has 4 rings (SSSR count). The van der Waals surface area contributed by atoms with Gasteiger partial charge >= 0.3 is 0 Å². The van der Waals surface area contributed by atoms with Gasteiger partial charge in [-0.05, 0) is 43.3 Å². The highest BCUT2D eigenvalue weighted by Gasteiger charge is 2.23. The lowest BCUT2D eigenvalue weighted by atomic mass is 10.1. The molecule has 2 heterocycles. The van der Waals surface area contributed by atoms with Gasteiger partial charge < -0.3 is 14.6 Å². The number of aromatic nitrogens is 2. The zero-order valence-electron chi connectivity index (χ0n) is 18.4. The van der Waals surface area contributed by atoms with Gasteiger partial charge in [-0.3, -0.25) is 4.79 Å². The van der Waals surface area contributed by atoms with Gasteiger partial charge in [0.05, 0.1) is 12.0 Å². The minimum atomic E-state index is -3.15. The molecule has 0 saturated carbocycles. The smallest absolute Gasteiger partial charge is 0.277 e. The van der Waals surface area contributed by atoms with E-state index in [0.29, 0.717) is 43.0 Å². The van der Waals surface area contributed by atoms with Crippen molar-refractivity contribution in [2.75, 3.05) is 48.4 Å². The summed E-state index contributed by atoms with van der Waals surface area (Å²) in [4.78, 5) is 14.5. The van der Waals surface area contributed by atoms with Gasteiger partial charge in [-0.25, -0.2) is 8.42 Å². The standard InChI is InChI=1S/C22H25N5O4S2/c1-16-4-3-5-17(14-16)21-24-25-22(31-21)32-15-20(28)23-18-6-8-19(9-7-18)26-10-12-27(13-11-26)33(2,29)30/h3-9,14H,10-13,15H2,1-2H3,(H,23,28). The van der Waals surface area contributed by atoms with Crippen LogP contribution in [0.5, 0.6) is 0 Å². The first-order valence-electron chi connectivity index (χ1n) is 10.4. The number of amides is 1. The number of sulfonamides is 1. The summed E-state index contributed by atoms with van der Waals surface area (Å²) < 4.78 is 30.4. The molecule has 0 atom stereocenters. The maximum absolute atomic E-state index is 12.3. The Morgan fingerprint density at radius 3 is 2.48 bits per heavy atom. The van der Waals surface area contributed by atoms with Crippen molar-refractivity contribution in [2.45, 2.75) is 12.1 Å². The lowest BCUT2D eigenvalue weighted by Gasteiger charge is -2.34. The Bertz CT molecular complexity index is 1220. The van der Waals surface area contributed by atoms with E-state index < -0.39 is 10.0 Å². The van der Waals surface area contributed by atoms with Crippen LogP contribution in [0.15, 0.2) is 58.2 Å². The Morgan fingerprint density at radius 1 is 1.09 bits per heavy atom. The van der Waals surface area contributed by atoms with Crippen molar-refractivity contribution in [1.29, 1.82) is 0 Å². The van der Waals surface area contributed by atoms with Gasteiger partial charge in [-0.15, -0.1) is 10.2 Å². The minimum absolute atomic E-state index is 0.144. The van der Waals surface area contributed by atoms with Crippen LogP contribution in [0.4, 0.5) is 11.4 Å². The molecule has 11 heteroatoms. The molecule has 0 unspecified atom stereocenters. The number of hydrogen-bond acceptors (Lipinski definition) is 8. The highest BCUT2D eigenvalue weighted by atomic mass is 32.2. The largest absolute Gasteiger partial charge is 0.411 e. The van der Waals surface area contributed by atoms with E-state index >= 15 is 0 Å². The van der Waals surface area contributed by atoms with Gasteiger partial charge in [0.25, 0.3) is 5.22 Å². The van der Waals surface area contributed by atoms with Crippen LogP contribution in [-0.2, 0) is 14.8 Å². The number of anilines is 2. The summed E-state index contributed by atoms with van der Waals surface area (Å²) >= 11 is 1.18. The third-order valence-electron chi connectivity index (χ3n) is 5.22. The van der Waals surface area contributed by atoms with Crippen molar-refractivity contribution >= 4 is 39.1 Å². The molecular formula is C22H25N5O4S2. The number of carbonyl (C=O) groups is 1. The molecule has 1 fully saturated rings. The summed E-state index contributed by atoms with van der Waals surface area (Å²) in [5.74, 6) is 0.393. The van der Waals surface area contributed by atoms with Crippen molar-refractivity contribution in [3.63, 3.8) is 0 Å². The number of hydrogen-bond donors (Lipinski definition) is 1. The Hall–Kier alpha value is -2.89. The number of nitrogens with zero attached hydrogens (tertiary/aromatic N) is 4. The van der Waals surface area contributed by atoms with Crippen LogP contribution in [0.2, 0.25) is 0 Å². The van der Waals surface area contributed by atoms with Crippen LogP contribution in [0, 0.1) is 6.92 Å². The molecule has 33 heavy (non-hydrogen) atoms. The number of carbonyl (C=O) groups excluding carboxylic acids is 1. The summed E-state index contributed by atoms with van der Waals surface area (Å²) in [6.45, 7) is 4.19. The second kappa shape index (κ2) is 9.94. The van der Waals surface area contributed by atoms with E-state index in [1.165, 1.54) is 22.3 Å².